The molecule has 7 nitrogen and oxygen atoms in total. The third-order valence-electron chi connectivity index (χ3n) is 8.43. The Morgan fingerprint density at radius 3 is 2.43 bits per heavy atom. The van der Waals surface area contributed by atoms with Crippen LogP contribution >= 0.6 is 0 Å². The number of aryl methyl sites for hydroxylation is 2. The van der Waals surface area contributed by atoms with Gasteiger partial charge in [-0.2, -0.15) is 5.10 Å². The zero-order valence-corrected chi connectivity index (χ0v) is 28.1. The van der Waals surface area contributed by atoms with Crippen LogP contribution in [0.5, 0.6) is 11.5 Å². The summed E-state index contributed by atoms with van der Waals surface area (Å²) < 4.78 is 14.5. The third-order valence-corrected chi connectivity index (χ3v) is 9.70. The van der Waals surface area contributed by atoms with Gasteiger partial charge in [-0.3, -0.25) is 0 Å². The molecule has 0 atom stereocenters. The van der Waals surface area contributed by atoms with Gasteiger partial charge in [0.25, 0.3) is 0 Å². The SMILES string of the molecule is CCB1N(c2cc(C)ccn2)c2cc(Oc3cc(-n4[c](=[Pt])n(C)c5ccccc54)cc(C(C)(C)C)c3)ccc2-c2ccnn21. The number of pyridine rings is 1. The van der Waals surface area contributed by atoms with E-state index >= 15 is 0 Å². The van der Waals surface area contributed by atoms with Crippen LogP contribution in [0.4, 0.5) is 11.5 Å². The first-order chi connectivity index (χ1) is 21.1. The normalized spacial score (nSPS) is 12.9. The molecule has 0 bridgehead atoms. The molecule has 0 saturated carbocycles. The number of fused-ring (bicyclic) bond motifs is 4. The number of aromatic nitrogens is 5. The number of hydrogen-bond donors (Lipinski definition) is 0. The van der Waals surface area contributed by atoms with Crippen molar-refractivity contribution in [2.45, 2.75) is 46.4 Å². The molecule has 0 spiro atoms. The maximum absolute atomic E-state index is 6.76. The van der Waals surface area contributed by atoms with Crippen LogP contribution in [0.2, 0.25) is 6.32 Å². The van der Waals surface area contributed by atoms with Gasteiger partial charge in [0.2, 0.25) is 0 Å². The first-order valence-corrected chi connectivity index (χ1v) is 16.1. The van der Waals surface area contributed by atoms with Gasteiger partial charge in [-0.05, 0) is 18.6 Å². The van der Waals surface area contributed by atoms with Gasteiger partial charge < -0.3 is 0 Å². The zero-order valence-electron chi connectivity index (χ0n) is 25.9. The van der Waals surface area contributed by atoms with Gasteiger partial charge in [-0.25, -0.2) is 0 Å². The number of nitrogens with zero attached hydrogens (tertiary/aromatic N) is 6. The molecule has 3 aromatic carbocycles. The van der Waals surface area contributed by atoms with Crippen molar-refractivity contribution in [3.05, 3.63) is 106 Å². The van der Waals surface area contributed by atoms with Crippen molar-refractivity contribution < 1.29 is 24.1 Å². The molecular formula is C35H35BN6OPt. The van der Waals surface area contributed by atoms with E-state index in [0.29, 0.717) is 0 Å². The van der Waals surface area contributed by atoms with Gasteiger partial charge in [0.1, 0.15) is 0 Å². The third kappa shape index (κ3) is 4.76. The van der Waals surface area contributed by atoms with Crippen molar-refractivity contribution in [3.63, 3.8) is 0 Å². The summed E-state index contributed by atoms with van der Waals surface area (Å²) in [5.74, 6) is 2.48. The number of anilines is 2. The van der Waals surface area contributed by atoms with Crippen molar-refractivity contribution >= 4 is 29.5 Å². The monoisotopic (exact) mass is 761 g/mol. The molecule has 6 aromatic rings. The van der Waals surface area contributed by atoms with Crippen molar-refractivity contribution in [1.82, 2.24) is 23.8 Å². The van der Waals surface area contributed by atoms with Crippen LogP contribution < -0.4 is 9.55 Å². The molecule has 224 valence electrons. The van der Waals surface area contributed by atoms with E-state index in [1.54, 1.807) is 0 Å². The molecule has 3 aromatic heterocycles. The first kappa shape index (κ1) is 28.6. The molecule has 1 aliphatic heterocycles. The average molecular weight is 762 g/mol. The fourth-order valence-electron chi connectivity index (χ4n) is 6.16. The Balaban J connectivity index is 1.37. The molecule has 0 amide bonds. The molecule has 0 unspecified atom stereocenters. The molecule has 0 aliphatic carbocycles. The maximum atomic E-state index is 6.76. The number of rotatable bonds is 5. The van der Waals surface area contributed by atoms with E-state index in [2.05, 4.69) is 152 Å². The van der Waals surface area contributed by atoms with Gasteiger partial charge in [-0.1, -0.05) is 6.92 Å². The van der Waals surface area contributed by atoms with E-state index < -0.39 is 0 Å². The van der Waals surface area contributed by atoms with Crippen LogP contribution in [0.15, 0.2) is 91.3 Å². The van der Waals surface area contributed by atoms with Crippen LogP contribution in [-0.2, 0) is 31.8 Å². The number of ether oxygens (including phenoxy) is 1. The molecule has 1 aliphatic rings. The van der Waals surface area contributed by atoms with E-state index in [4.69, 9.17) is 14.8 Å². The van der Waals surface area contributed by atoms with E-state index in [-0.39, 0.29) is 12.4 Å². The fraction of sp³-hybridized carbons (Fsp3) is 0.229. The number of hydrogen-bond acceptors (Lipinski definition) is 4. The average Bonchev–Trinajstić information content (AvgIpc) is 3.59. The quantitative estimate of drug-likeness (QED) is 0.166. The number of benzene rings is 3. The first-order valence-electron chi connectivity index (χ1n) is 15.0. The summed E-state index contributed by atoms with van der Waals surface area (Å²) in [5.41, 5.74) is 8.99. The minimum atomic E-state index is -0.0683. The standard InChI is InChI=1S/C35H35BN6O.Pt/c1-7-36-41(34-18-24(2)14-16-37-34)33-22-27(12-13-29(33)30-15-17-38-42(30)36)43-28-20-25(35(3,4)5)19-26(21-28)40-23-39(6)31-10-8-9-11-32(31)40;/h8-22H,7H2,1-6H3;. The zero-order chi connectivity index (χ0) is 30.7. The van der Waals surface area contributed by atoms with Crippen LogP contribution in [-0.4, -0.2) is 30.8 Å². The van der Waals surface area contributed by atoms with Gasteiger partial charge in [0.05, 0.1) is 0 Å². The summed E-state index contributed by atoms with van der Waals surface area (Å²) in [5, 5.41) is 4.71. The molecule has 0 radical (unpaired) electrons. The Morgan fingerprint density at radius 2 is 1.68 bits per heavy atom. The minimum Gasteiger partial charge on any atom is -0.192 e. The summed E-state index contributed by atoms with van der Waals surface area (Å²) in [6.45, 7) is 11.0. The van der Waals surface area contributed by atoms with E-state index in [9.17, 15) is 0 Å². The van der Waals surface area contributed by atoms with E-state index in [1.807, 2.05) is 18.5 Å². The number of imidazole rings is 1. The Kier molecular flexibility index (Phi) is 7.01. The van der Waals surface area contributed by atoms with Crippen molar-refractivity contribution in [2.24, 2.45) is 7.05 Å². The second-order valence-corrected chi connectivity index (χ2v) is 13.5. The molecule has 0 saturated heterocycles. The molecule has 0 fully saturated rings. The van der Waals surface area contributed by atoms with Gasteiger partial charge >= 0.3 is 227 Å². The number of para-hydroxylation sites is 2. The summed E-state index contributed by atoms with van der Waals surface area (Å²) in [6.07, 6.45) is 4.62. The Bertz CT molecular complexity index is 2100. The van der Waals surface area contributed by atoms with Gasteiger partial charge in [-0.15, -0.1) is 0 Å². The molecule has 0 N–H and O–H groups in total. The summed E-state index contributed by atoms with van der Waals surface area (Å²) in [4.78, 5) is 7.08. The second kappa shape index (κ2) is 10.8. The predicted octanol–water partition coefficient (Wildman–Crippen LogP) is 8.21. The molecule has 44 heavy (non-hydrogen) atoms. The Morgan fingerprint density at radius 1 is 0.886 bits per heavy atom. The van der Waals surface area contributed by atoms with Gasteiger partial charge in [0, 0.05) is 12.4 Å². The van der Waals surface area contributed by atoms with Crippen molar-refractivity contribution in [2.75, 3.05) is 4.81 Å². The summed E-state index contributed by atoms with van der Waals surface area (Å²) >= 11 is 2.41. The second-order valence-electron chi connectivity index (χ2n) is 12.5. The molecular weight excluding hydrogens is 726 g/mol. The minimum absolute atomic E-state index is 0.00206. The fourth-order valence-corrected chi connectivity index (χ4v) is 7.00. The van der Waals surface area contributed by atoms with Crippen LogP contribution in [0.1, 0.15) is 38.8 Å². The van der Waals surface area contributed by atoms with Crippen molar-refractivity contribution in [3.8, 4) is 28.4 Å². The van der Waals surface area contributed by atoms with Crippen LogP contribution in [0, 0.1) is 10.7 Å². The van der Waals surface area contributed by atoms with Crippen molar-refractivity contribution in [1.29, 1.82) is 0 Å². The Hall–Kier alpha value is -4.16. The van der Waals surface area contributed by atoms with E-state index in [0.717, 1.165) is 61.2 Å². The predicted molar refractivity (Wildman–Crippen MR) is 175 cm³/mol. The molecule has 7 rings (SSSR count). The van der Waals surface area contributed by atoms with Crippen LogP contribution in [0.3, 0.4) is 0 Å². The summed E-state index contributed by atoms with van der Waals surface area (Å²) in [6, 6.07) is 27.7. The smallest absolute Gasteiger partial charge is 0.192 e. The van der Waals surface area contributed by atoms with E-state index in [1.165, 1.54) is 11.1 Å². The van der Waals surface area contributed by atoms with Gasteiger partial charge in [0.15, 0.2) is 0 Å². The topological polar surface area (TPSA) is 53.0 Å². The molecule has 9 heteroatoms. The Labute approximate surface area is 269 Å². The summed E-state index contributed by atoms with van der Waals surface area (Å²) in [7, 11) is 2.11. The van der Waals surface area contributed by atoms with Crippen LogP contribution in [0.25, 0.3) is 28.0 Å². The molecule has 4 heterocycles.